The van der Waals surface area contributed by atoms with E-state index in [9.17, 15) is 14.4 Å². The van der Waals surface area contributed by atoms with E-state index in [-0.39, 0.29) is 24.3 Å². The van der Waals surface area contributed by atoms with Crippen molar-refractivity contribution in [1.29, 1.82) is 0 Å². The molecule has 0 aliphatic carbocycles. The lowest BCUT2D eigenvalue weighted by Crippen LogP contribution is -2.36. The van der Waals surface area contributed by atoms with Crippen LogP contribution >= 0.6 is 0 Å². The number of anilines is 3. The second-order valence-electron chi connectivity index (χ2n) is 6.18. The summed E-state index contributed by atoms with van der Waals surface area (Å²) < 4.78 is 0. The minimum absolute atomic E-state index is 0.0955. The number of carbonyl (C=O) groups excluding carboxylic acids is 3. The zero-order valence-electron chi connectivity index (χ0n) is 15.4. The SMILES string of the molecule is CC(=O)Nc1ccc(N(CC(=O)Nc2ccc(C)c(C)c2)C(C)=O)cc1. The molecule has 6 heteroatoms. The molecule has 0 saturated carbocycles. The van der Waals surface area contributed by atoms with Gasteiger partial charge in [-0.1, -0.05) is 6.07 Å². The Morgan fingerprint density at radius 3 is 2.00 bits per heavy atom. The third-order valence-electron chi connectivity index (χ3n) is 3.97. The maximum absolute atomic E-state index is 12.3. The van der Waals surface area contributed by atoms with Crippen LogP contribution in [0.3, 0.4) is 0 Å². The van der Waals surface area contributed by atoms with Gasteiger partial charge in [0.25, 0.3) is 0 Å². The van der Waals surface area contributed by atoms with E-state index in [4.69, 9.17) is 0 Å². The molecule has 2 rings (SSSR count). The normalized spacial score (nSPS) is 10.2. The van der Waals surface area contributed by atoms with Gasteiger partial charge in [0.1, 0.15) is 6.54 Å². The highest BCUT2D eigenvalue weighted by molar-refractivity contribution is 6.02. The molecule has 2 N–H and O–H groups in total. The van der Waals surface area contributed by atoms with Crippen LogP contribution in [0, 0.1) is 13.8 Å². The number of hydrogen-bond acceptors (Lipinski definition) is 3. The van der Waals surface area contributed by atoms with Gasteiger partial charge in [0.2, 0.25) is 17.7 Å². The molecule has 0 heterocycles. The zero-order valence-corrected chi connectivity index (χ0v) is 15.4. The lowest BCUT2D eigenvalue weighted by Gasteiger charge is -2.21. The predicted molar refractivity (Wildman–Crippen MR) is 103 cm³/mol. The van der Waals surface area contributed by atoms with Crippen LogP contribution in [0.5, 0.6) is 0 Å². The van der Waals surface area contributed by atoms with Crippen molar-refractivity contribution in [3.05, 3.63) is 53.6 Å². The lowest BCUT2D eigenvalue weighted by molar-refractivity contribution is -0.120. The molecule has 0 radical (unpaired) electrons. The van der Waals surface area contributed by atoms with Crippen molar-refractivity contribution in [3.8, 4) is 0 Å². The van der Waals surface area contributed by atoms with E-state index in [1.54, 1.807) is 24.3 Å². The Labute approximate surface area is 153 Å². The van der Waals surface area contributed by atoms with Gasteiger partial charge >= 0.3 is 0 Å². The Balaban J connectivity index is 2.09. The van der Waals surface area contributed by atoms with E-state index in [1.165, 1.54) is 18.7 Å². The fourth-order valence-electron chi connectivity index (χ4n) is 2.48. The van der Waals surface area contributed by atoms with Crippen LogP contribution in [-0.2, 0) is 14.4 Å². The highest BCUT2D eigenvalue weighted by Gasteiger charge is 2.16. The van der Waals surface area contributed by atoms with Gasteiger partial charge < -0.3 is 15.5 Å². The molecule has 0 unspecified atom stereocenters. The minimum Gasteiger partial charge on any atom is -0.326 e. The molecule has 0 bridgehead atoms. The van der Waals surface area contributed by atoms with Gasteiger partial charge in [0.05, 0.1) is 0 Å². The van der Waals surface area contributed by atoms with Crippen LogP contribution < -0.4 is 15.5 Å². The van der Waals surface area contributed by atoms with Crippen LogP contribution in [0.25, 0.3) is 0 Å². The number of nitrogens with zero attached hydrogens (tertiary/aromatic N) is 1. The number of rotatable bonds is 5. The maximum atomic E-state index is 12.3. The standard InChI is InChI=1S/C20H23N3O3/c1-13-5-6-18(11-14(13)2)22-20(26)12-23(16(4)25)19-9-7-17(8-10-19)21-15(3)24/h5-11H,12H2,1-4H3,(H,21,24)(H,22,26). The fraction of sp³-hybridized carbons (Fsp3) is 0.250. The van der Waals surface area contributed by atoms with Crippen LogP contribution in [0.1, 0.15) is 25.0 Å². The van der Waals surface area contributed by atoms with Crippen LogP contribution in [0.2, 0.25) is 0 Å². The Morgan fingerprint density at radius 2 is 1.46 bits per heavy atom. The molecular formula is C20H23N3O3. The van der Waals surface area contributed by atoms with Gasteiger partial charge in [-0.2, -0.15) is 0 Å². The Hall–Kier alpha value is -3.15. The number of aryl methyl sites for hydroxylation is 2. The van der Waals surface area contributed by atoms with Crippen molar-refractivity contribution < 1.29 is 14.4 Å². The zero-order chi connectivity index (χ0) is 19.3. The molecule has 0 spiro atoms. The Morgan fingerprint density at radius 1 is 0.846 bits per heavy atom. The average Bonchev–Trinajstić information content (AvgIpc) is 2.56. The van der Waals surface area contributed by atoms with Crippen molar-refractivity contribution in [1.82, 2.24) is 0 Å². The summed E-state index contributed by atoms with van der Waals surface area (Å²) in [5.74, 6) is -0.698. The van der Waals surface area contributed by atoms with E-state index in [0.717, 1.165) is 11.1 Å². The topological polar surface area (TPSA) is 78.5 Å². The van der Waals surface area contributed by atoms with Crippen molar-refractivity contribution in [3.63, 3.8) is 0 Å². The third-order valence-corrected chi connectivity index (χ3v) is 3.97. The molecule has 26 heavy (non-hydrogen) atoms. The van der Waals surface area contributed by atoms with Crippen LogP contribution in [0.4, 0.5) is 17.1 Å². The van der Waals surface area contributed by atoms with E-state index in [1.807, 2.05) is 32.0 Å². The average molecular weight is 353 g/mol. The molecule has 136 valence electrons. The molecule has 2 aromatic carbocycles. The summed E-state index contributed by atoms with van der Waals surface area (Å²) in [7, 11) is 0. The molecule has 6 nitrogen and oxygen atoms in total. The quantitative estimate of drug-likeness (QED) is 0.866. The predicted octanol–water partition coefficient (Wildman–Crippen LogP) is 3.25. The molecule has 0 aromatic heterocycles. The number of carbonyl (C=O) groups is 3. The first-order chi connectivity index (χ1) is 12.3. The van der Waals surface area contributed by atoms with Gasteiger partial charge in [0, 0.05) is 30.9 Å². The second kappa shape index (κ2) is 8.29. The molecule has 0 atom stereocenters. The van der Waals surface area contributed by atoms with Crippen molar-refractivity contribution >= 4 is 34.8 Å². The summed E-state index contributed by atoms with van der Waals surface area (Å²) in [6, 6.07) is 12.4. The summed E-state index contributed by atoms with van der Waals surface area (Å²) in [6.45, 7) is 6.71. The van der Waals surface area contributed by atoms with Crippen LogP contribution in [-0.4, -0.2) is 24.3 Å². The van der Waals surface area contributed by atoms with Gasteiger partial charge in [-0.3, -0.25) is 14.4 Å². The molecule has 2 aromatic rings. The molecule has 0 fully saturated rings. The summed E-state index contributed by atoms with van der Waals surface area (Å²) in [5, 5.41) is 5.47. The van der Waals surface area contributed by atoms with E-state index < -0.39 is 0 Å². The largest absolute Gasteiger partial charge is 0.326 e. The first-order valence-corrected chi connectivity index (χ1v) is 8.29. The van der Waals surface area contributed by atoms with Crippen molar-refractivity contribution in [2.45, 2.75) is 27.7 Å². The van der Waals surface area contributed by atoms with Crippen LogP contribution in [0.15, 0.2) is 42.5 Å². The molecule has 0 saturated heterocycles. The van der Waals surface area contributed by atoms with Gasteiger partial charge in [-0.15, -0.1) is 0 Å². The van der Waals surface area contributed by atoms with Crippen molar-refractivity contribution in [2.75, 3.05) is 22.1 Å². The van der Waals surface area contributed by atoms with Gasteiger partial charge in [0.15, 0.2) is 0 Å². The van der Waals surface area contributed by atoms with E-state index in [2.05, 4.69) is 10.6 Å². The smallest absolute Gasteiger partial charge is 0.244 e. The van der Waals surface area contributed by atoms with E-state index >= 15 is 0 Å². The minimum atomic E-state index is -0.283. The Bertz CT molecular complexity index is 829. The highest BCUT2D eigenvalue weighted by Crippen LogP contribution is 2.19. The first-order valence-electron chi connectivity index (χ1n) is 8.29. The van der Waals surface area contributed by atoms with Crippen molar-refractivity contribution in [2.24, 2.45) is 0 Å². The number of nitrogens with one attached hydrogen (secondary N) is 2. The lowest BCUT2D eigenvalue weighted by atomic mass is 10.1. The maximum Gasteiger partial charge on any atom is 0.244 e. The summed E-state index contributed by atoms with van der Waals surface area (Å²) in [6.07, 6.45) is 0. The second-order valence-corrected chi connectivity index (χ2v) is 6.18. The molecule has 0 aliphatic heterocycles. The summed E-state index contributed by atoms with van der Waals surface area (Å²) in [4.78, 5) is 36.8. The fourth-order valence-corrected chi connectivity index (χ4v) is 2.48. The first kappa shape index (κ1) is 19.2. The summed E-state index contributed by atoms with van der Waals surface area (Å²) >= 11 is 0. The highest BCUT2D eigenvalue weighted by atomic mass is 16.2. The van der Waals surface area contributed by atoms with E-state index in [0.29, 0.717) is 17.1 Å². The summed E-state index contributed by atoms with van der Waals surface area (Å²) in [5.41, 5.74) is 4.14. The molecular weight excluding hydrogens is 330 g/mol. The number of amides is 3. The molecule has 3 amide bonds. The number of benzene rings is 2. The monoisotopic (exact) mass is 353 g/mol. The van der Waals surface area contributed by atoms with Gasteiger partial charge in [-0.25, -0.2) is 0 Å². The van der Waals surface area contributed by atoms with Gasteiger partial charge in [-0.05, 0) is 61.4 Å². The third kappa shape index (κ3) is 5.17. The molecule has 0 aliphatic rings. The Kier molecular flexibility index (Phi) is 6.11. The number of hydrogen-bond donors (Lipinski definition) is 2.